The maximum Gasteiger partial charge on any atom is 0.252 e. The lowest BCUT2D eigenvalue weighted by Gasteiger charge is -2.26. The van der Waals surface area contributed by atoms with Crippen LogP contribution in [-0.2, 0) is 0 Å². The number of halogens is 1. The molecule has 104 valence electrons. The Labute approximate surface area is 121 Å². The number of anilines is 1. The quantitative estimate of drug-likeness (QED) is 0.743. The fraction of sp³-hybridized carbons (Fsp3) is 0.500. The molecule has 1 aliphatic carbocycles. The van der Waals surface area contributed by atoms with E-state index in [9.17, 15) is 9.90 Å². The number of aliphatic hydroxyl groups excluding tert-OH is 1. The minimum absolute atomic E-state index is 0.130. The van der Waals surface area contributed by atoms with E-state index >= 15 is 0 Å². The molecule has 5 heteroatoms. The van der Waals surface area contributed by atoms with E-state index in [2.05, 4.69) is 21.2 Å². The summed E-state index contributed by atoms with van der Waals surface area (Å²) >= 11 is 3.35. The van der Waals surface area contributed by atoms with Crippen molar-refractivity contribution in [3.8, 4) is 0 Å². The van der Waals surface area contributed by atoms with Gasteiger partial charge in [0.1, 0.15) is 0 Å². The van der Waals surface area contributed by atoms with Crippen molar-refractivity contribution in [2.24, 2.45) is 5.41 Å². The maximum absolute atomic E-state index is 12.2. The Morgan fingerprint density at radius 1 is 1.42 bits per heavy atom. The summed E-state index contributed by atoms with van der Waals surface area (Å²) in [7, 11) is 0. The molecule has 0 atom stereocenters. The highest BCUT2D eigenvalue weighted by Crippen LogP contribution is 2.37. The Morgan fingerprint density at radius 2 is 2.11 bits per heavy atom. The van der Waals surface area contributed by atoms with Crippen molar-refractivity contribution in [2.45, 2.75) is 25.7 Å². The maximum atomic E-state index is 12.2. The molecule has 1 amide bonds. The molecule has 1 fully saturated rings. The average Bonchev–Trinajstić information content (AvgIpc) is 2.88. The summed E-state index contributed by atoms with van der Waals surface area (Å²) in [6.07, 6.45) is 4.20. The zero-order valence-corrected chi connectivity index (χ0v) is 12.4. The van der Waals surface area contributed by atoms with Gasteiger partial charge in [-0.15, -0.1) is 0 Å². The lowest BCUT2D eigenvalue weighted by atomic mass is 9.87. The largest absolute Gasteiger partial charge is 0.399 e. The van der Waals surface area contributed by atoms with E-state index in [-0.39, 0.29) is 17.9 Å². The summed E-state index contributed by atoms with van der Waals surface area (Å²) in [4.78, 5) is 12.2. The molecule has 1 aromatic carbocycles. The topological polar surface area (TPSA) is 75.4 Å². The lowest BCUT2D eigenvalue weighted by Crippen LogP contribution is -2.38. The van der Waals surface area contributed by atoms with Crippen LogP contribution in [0.4, 0.5) is 5.69 Å². The highest BCUT2D eigenvalue weighted by atomic mass is 79.9. The highest BCUT2D eigenvalue weighted by molar-refractivity contribution is 9.10. The molecular weight excluding hydrogens is 308 g/mol. The Kier molecular flexibility index (Phi) is 4.47. The normalized spacial score (nSPS) is 17.4. The molecule has 0 aromatic heterocycles. The van der Waals surface area contributed by atoms with Crippen LogP contribution in [0.5, 0.6) is 0 Å². The van der Waals surface area contributed by atoms with Crippen molar-refractivity contribution in [3.63, 3.8) is 0 Å². The number of benzene rings is 1. The van der Waals surface area contributed by atoms with Crippen molar-refractivity contribution in [1.29, 1.82) is 0 Å². The standard InChI is InChI=1S/C14H19BrN2O2/c15-12-4-3-10(16)7-11(12)13(19)17-8-14(9-18)5-1-2-6-14/h3-4,7,18H,1-2,5-6,8-9,16H2,(H,17,19). The van der Waals surface area contributed by atoms with Crippen LogP contribution in [0.15, 0.2) is 22.7 Å². The summed E-state index contributed by atoms with van der Waals surface area (Å²) in [5.74, 6) is -0.154. The van der Waals surface area contributed by atoms with E-state index < -0.39 is 0 Å². The minimum atomic E-state index is -0.154. The summed E-state index contributed by atoms with van der Waals surface area (Å²) < 4.78 is 0.726. The molecule has 0 aliphatic heterocycles. The van der Waals surface area contributed by atoms with Gasteiger partial charge in [0.15, 0.2) is 0 Å². The predicted molar refractivity (Wildman–Crippen MR) is 78.9 cm³/mol. The Balaban J connectivity index is 2.03. The molecule has 2 rings (SSSR count). The van der Waals surface area contributed by atoms with Crippen LogP contribution in [0.1, 0.15) is 36.0 Å². The average molecular weight is 327 g/mol. The van der Waals surface area contributed by atoms with Gasteiger partial charge in [0, 0.05) is 22.1 Å². The smallest absolute Gasteiger partial charge is 0.252 e. The lowest BCUT2D eigenvalue weighted by molar-refractivity contribution is 0.0880. The Morgan fingerprint density at radius 3 is 2.74 bits per heavy atom. The molecule has 1 aliphatic rings. The Hall–Kier alpha value is -1.07. The number of rotatable bonds is 4. The van der Waals surface area contributed by atoms with E-state index in [1.54, 1.807) is 18.2 Å². The van der Waals surface area contributed by atoms with E-state index in [0.29, 0.717) is 17.8 Å². The van der Waals surface area contributed by atoms with Gasteiger partial charge in [-0.2, -0.15) is 0 Å². The van der Waals surface area contributed by atoms with Gasteiger partial charge in [-0.3, -0.25) is 4.79 Å². The fourth-order valence-electron chi connectivity index (χ4n) is 2.60. The van der Waals surface area contributed by atoms with E-state index in [1.165, 1.54) is 0 Å². The number of carbonyl (C=O) groups excluding carboxylic acids is 1. The summed E-state index contributed by atoms with van der Waals surface area (Å²) in [6, 6.07) is 5.16. The molecule has 0 bridgehead atoms. The number of nitrogens with one attached hydrogen (secondary N) is 1. The van der Waals surface area contributed by atoms with E-state index in [4.69, 9.17) is 5.73 Å². The molecule has 0 spiro atoms. The molecule has 19 heavy (non-hydrogen) atoms. The summed E-state index contributed by atoms with van der Waals surface area (Å²) in [5, 5.41) is 12.4. The van der Waals surface area contributed by atoms with Gasteiger partial charge in [-0.1, -0.05) is 12.8 Å². The summed E-state index contributed by atoms with van der Waals surface area (Å²) in [6.45, 7) is 0.648. The minimum Gasteiger partial charge on any atom is -0.399 e. The van der Waals surface area contributed by atoms with Crippen LogP contribution in [0.3, 0.4) is 0 Å². The zero-order chi connectivity index (χ0) is 13.9. The first-order chi connectivity index (χ1) is 9.06. The van der Waals surface area contributed by atoms with Crippen molar-refractivity contribution < 1.29 is 9.90 Å². The van der Waals surface area contributed by atoms with Crippen LogP contribution in [0.2, 0.25) is 0 Å². The fourth-order valence-corrected chi connectivity index (χ4v) is 3.02. The highest BCUT2D eigenvalue weighted by Gasteiger charge is 2.33. The van der Waals surface area contributed by atoms with Crippen LogP contribution in [-0.4, -0.2) is 24.2 Å². The monoisotopic (exact) mass is 326 g/mol. The van der Waals surface area contributed by atoms with E-state index in [0.717, 1.165) is 30.2 Å². The van der Waals surface area contributed by atoms with Gasteiger partial charge in [0.2, 0.25) is 0 Å². The number of nitrogen functional groups attached to an aromatic ring is 1. The second-order valence-corrected chi connectivity index (χ2v) is 6.14. The predicted octanol–water partition coefficient (Wildman–Crippen LogP) is 2.31. The molecule has 0 radical (unpaired) electrons. The van der Waals surface area contributed by atoms with Crippen molar-refractivity contribution >= 4 is 27.5 Å². The molecule has 1 saturated carbocycles. The van der Waals surface area contributed by atoms with Gasteiger partial charge in [-0.25, -0.2) is 0 Å². The number of nitrogens with two attached hydrogens (primary N) is 1. The van der Waals surface area contributed by atoms with Gasteiger partial charge in [0.25, 0.3) is 5.91 Å². The van der Waals surface area contributed by atoms with Crippen molar-refractivity contribution in [1.82, 2.24) is 5.32 Å². The van der Waals surface area contributed by atoms with Crippen LogP contribution in [0.25, 0.3) is 0 Å². The number of amides is 1. The first-order valence-corrected chi connectivity index (χ1v) is 7.30. The van der Waals surface area contributed by atoms with Gasteiger partial charge < -0.3 is 16.2 Å². The molecule has 0 heterocycles. The molecule has 1 aromatic rings. The van der Waals surface area contributed by atoms with Gasteiger partial charge >= 0.3 is 0 Å². The SMILES string of the molecule is Nc1ccc(Br)c(C(=O)NCC2(CO)CCCC2)c1. The first kappa shape index (κ1) is 14.3. The second kappa shape index (κ2) is 5.92. The third-order valence-electron chi connectivity index (χ3n) is 3.86. The van der Waals surface area contributed by atoms with Crippen molar-refractivity contribution in [3.05, 3.63) is 28.2 Å². The second-order valence-electron chi connectivity index (χ2n) is 5.29. The molecule has 4 nitrogen and oxygen atoms in total. The first-order valence-electron chi connectivity index (χ1n) is 6.50. The van der Waals surface area contributed by atoms with Crippen LogP contribution < -0.4 is 11.1 Å². The summed E-state index contributed by atoms with van der Waals surface area (Å²) in [5.41, 5.74) is 6.65. The zero-order valence-electron chi connectivity index (χ0n) is 10.8. The number of aliphatic hydroxyl groups is 1. The number of carbonyl (C=O) groups is 1. The van der Waals surface area contributed by atoms with Crippen LogP contribution >= 0.6 is 15.9 Å². The third-order valence-corrected chi connectivity index (χ3v) is 4.55. The third kappa shape index (κ3) is 3.28. The molecule has 0 unspecified atom stereocenters. The van der Waals surface area contributed by atoms with Crippen LogP contribution in [0, 0.1) is 5.41 Å². The number of hydrogen-bond acceptors (Lipinski definition) is 3. The van der Waals surface area contributed by atoms with E-state index in [1.807, 2.05) is 0 Å². The molecular formula is C14H19BrN2O2. The molecule has 4 N–H and O–H groups in total. The number of hydrogen-bond donors (Lipinski definition) is 3. The Bertz CT molecular complexity index is 471. The van der Waals surface area contributed by atoms with Gasteiger partial charge in [0.05, 0.1) is 12.2 Å². The van der Waals surface area contributed by atoms with Crippen molar-refractivity contribution in [2.75, 3.05) is 18.9 Å². The van der Waals surface area contributed by atoms with Gasteiger partial charge in [-0.05, 0) is 47.0 Å². The molecule has 0 saturated heterocycles.